The van der Waals surface area contributed by atoms with Crippen LogP contribution >= 0.6 is 0 Å². The summed E-state index contributed by atoms with van der Waals surface area (Å²) in [5.74, 6) is -1.29. The predicted molar refractivity (Wildman–Crippen MR) is 74.6 cm³/mol. The maximum atomic E-state index is 13.6. The number of hydrogen-bond acceptors (Lipinski definition) is 2. The molecular formula is C16H21F2NO. The van der Waals surface area contributed by atoms with Gasteiger partial charge in [-0.15, -0.1) is 0 Å². The quantitative estimate of drug-likeness (QED) is 0.843. The molecule has 1 aliphatic heterocycles. The Labute approximate surface area is 118 Å². The molecule has 1 aliphatic rings. The molecule has 0 spiro atoms. The molecule has 1 saturated heterocycles. The monoisotopic (exact) mass is 281 g/mol. The summed E-state index contributed by atoms with van der Waals surface area (Å²) in [6.07, 6.45) is 3.41. The molecule has 110 valence electrons. The van der Waals surface area contributed by atoms with Gasteiger partial charge in [0.15, 0.2) is 5.78 Å². The highest BCUT2D eigenvalue weighted by Crippen LogP contribution is 2.23. The van der Waals surface area contributed by atoms with Crippen LogP contribution in [0.2, 0.25) is 0 Å². The van der Waals surface area contributed by atoms with E-state index in [0.29, 0.717) is 0 Å². The minimum absolute atomic E-state index is 0.00954. The van der Waals surface area contributed by atoms with Crippen molar-refractivity contribution in [3.8, 4) is 0 Å². The highest BCUT2D eigenvalue weighted by molar-refractivity contribution is 5.89. The molecule has 0 amide bonds. The van der Waals surface area contributed by atoms with Gasteiger partial charge in [-0.05, 0) is 51.4 Å². The first-order chi connectivity index (χ1) is 9.41. The van der Waals surface area contributed by atoms with Crippen molar-refractivity contribution in [3.05, 3.63) is 35.4 Å². The molecule has 1 heterocycles. The number of carbonyl (C=O) groups is 1. The van der Waals surface area contributed by atoms with Crippen LogP contribution in [0.25, 0.3) is 0 Å². The third kappa shape index (κ3) is 3.23. The van der Waals surface area contributed by atoms with Gasteiger partial charge in [0.1, 0.15) is 11.6 Å². The minimum atomic E-state index is -0.646. The maximum Gasteiger partial charge on any atom is 0.156 e. The molecule has 1 aromatic carbocycles. The number of nitrogens with zero attached hydrogens (tertiary/aromatic N) is 1. The van der Waals surface area contributed by atoms with Crippen molar-refractivity contribution in [2.45, 2.75) is 45.1 Å². The summed E-state index contributed by atoms with van der Waals surface area (Å²) in [7, 11) is 0. The van der Waals surface area contributed by atoms with Crippen LogP contribution in [0.3, 0.4) is 0 Å². The zero-order valence-corrected chi connectivity index (χ0v) is 12.1. The average Bonchev–Trinajstić information content (AvgIpc) is 2.42. The van der Waals surface area contributed by atoms with Crippen LogP contribution in [0.15, 0.2) is 18.2 Å². The number of hydrogen-bond donors (Lipinski definition) is 0. The molecule has 0 aromatic heterocycles. The summed E-state index contributed by atoms with van der Waals surface area (Å²) in [5, 5.41) is 0. The van der Waals surface area contributed by atoms with Crippen molar-refractivity contribution in [2.24, 2.45) is 0 Å². The van der Waals surface area contributed by atoms with Crippen LogP contribution in [0.4, 0.5) is 8.78 Å². The molecule has 0 N–H and O–H groups in total. The van der Waals surface area contributed by atoms with Gasteiger partial charge < -0.3 is 0 Å². The van der Waals surface area contributed by atoms with Gasteiger partial charge in [0, 0.05) is 12.5 Å². The van der Waals surface area contributed by atoms with E-state index in [0.717, 1.165) is 32.0 Å². The molecule has 0 atom stereocenters. The highest BCUT2D eigenvalue weighted by atomic mass is 19.1. The first-order valence-corrected chi connectivity index (χ1v) is 7.13. The van der Waals surface area contributed by atoms with Crippen molar-refractivity contribution in [1.82, 2.24) is 4.90 Å². The molecule has 0 bridgehead atoms. The summed E-state index contributed by atoms with van der Waals surface area (Å²) in [4.78, 5) is 14.6. The SMILES string of the molecule is CC(C)(C(=O)Cc1ccc(F)cc1F)N1CCCCC1. The molecule has 1 aromatic rings. The van der Waals surface area contributed by atoms with E-state index in [1.807, 2.05) is 13.8 Å². The summed E-state index contributed by atoms with van der Waals surface area (Å²) in [5.41, 5.74) is -0.331. The second kappa shape index (κ2) is 6.00. The molecular weight excluding hydrogens is 260 g/mol. The van der Waals surface area contributed by atoms with Crippen molar-refractivity contribution in [1.29, 1.82) is 0 Å². The molecule has 0 saturated carbocycles. The number of halogens is 2. The van der Waals surface area contributed by atoms with E-state index in [1.165, 1.54) is 18.6 Å². The lowest BCUT2D eigenvalue weighted by atomic mass is 9.90. The Morgan fingerprint density at radius 2 is 1.85 bits per heavy atom. The largest absolute Gasteiger partial charge is 0.297 e. The van der Waals surface area contributed by atoms with Crippen LogP contribution in [0, 0.1) is 11.6 Å². The van der Waals surface area contributed by atoms with Gasteiger partial charge in [0.05, 0.1) is 5.54 Å². The fourth-order valence-electron chi connectivity index (χ4n) is 2.68. The van der Waals surface area contributed by atoms with Crippen molar-refractivity contribution < 1.29 is 13.6 Å². The van der Waals surface area contributed by atoms with E-state index in [9.17, 15) is 13.6 Å². The number of piperidine rings is 1. The van der Waals surface area contributed by atoms with Crippen LogP contribution in [0.1, 0.15) is 38.7 Å². The minimum Gasteiger partial charge on any atom is -0.297 e. The van der Waals surface area contributed by atoms with E-state index in [4.69, 9.17) is 0 Å². The zero-order valence-electron chi connectivity index (χ0n) is 12.1. The summed E-state index contributed by atoms with van der Waals surface area (Å²) in [6, 6.07) is 3.38. The lowest BCUT2D eigenvalue weighted by Crippen LogP contribution is -2.52. The van der Waals surface area contributed by atoms with E-state index >= 15 is 0 Å². The first kappa shape index (κ1) is 15.1. The Morgan fingerprint density at radius 1 is 1.20 bits per heavy atom. The third-order valence-electron chi connectivity index (χ3n) is 4.20. The lowest BCUT2D eigenvalue weighted by Gasteiger charge is -2.39. The molecule has 2 nitrogen and oxygen atoms in total. The number of carbonyl (C=O) groups excluding carboxylic acids is 1. The molecule has 1 fully saturated rings. The van der Waals surface area contributed by atoms with E-state index in [2.05, 4.69) is 4.90 Å². The first-order valence-electron chi connectivity index (χ1n) is 7.13. The zero-order chi connectivity index (χ0) is 14.8. The Bertz CT molecular complexity index is 493. The van der Waals surface area contributed by atoms with Gasteiger partial charge in [-0.2, -0.15) is 0 Å². The van der Waals surface area contributed by atoms with Gasteiger partial charge in [-0.3, -0.25) is 9.69 Å². The average molecular weight is 281 g/mol. The predicted octanol–water partition coefficient (Wildman–Crippen LogP) is 3.34. The topological polar surface area (TPSA) is 20.3 Å². The lowest BCUT2D eigenvalue weighted by molar-refractivity contribution is -0.129. The van der Waals surface area contributed by atoms with Crippen molar-refractivity contribution in [3.63, 3.8) is 0 Å². The molecule has 20 heavy (non-hydrogen) atoms. The Hall–Kier alpha value is -1.29. The van der Waals surface area contributed by atoms with Crippen LogP contribution < -0.4 is 0 Å². The Kier molecular flexibility index (Phi) is 4.53. The maximum absolute atomic E-state index is 13.6. The second-order valence-corrected chi connectivity index (χ2v) is 5.94. The third-order valence-corrected chi connectivity index (χ3v) is 4.20. The van der Waals surface area contributed by atoms with E-state index in [-0.39, 0.29) is 17.8 Å². The highest BCUT2D eigenvalue weighted by Gasteiger charge is 2.34. The second-order valence-electron chi connectivity index (χ2n) is 5.94. The summed E-state index contributed by atoms with van der Waals surface area (Å²) >= 11 is 0. The van der Waals surface area contributed by atoms with Crippen LogP contribution in [-0.4, -0.2) is 29.3 Å². The van der Waals surface area contributed by atoms with E-state index in [1.54, 1.807) is 0 Å². The standard InChI is InChI=1S/C16H21F2NO/c1-16(2,19-8-4-3-5-9-19)15(20)10-12-6-7-13(17)11-14(12)18/h6-7,11H,3-5,8-10H2,1-2H3. The van der Waals surface area contributed by atoms with Crippen LogP contribution in [0.5, 0.6) is 0 Å². The smallest absolute Gasteiger partial charge is 0.156 e. The summed E-state index contributed by atoms with van der Waals surface area (Å²) in [6.45, 7) is 5.60. The van der Waals surface area contributed by atoms with Gasteiger partial charge >= 0.3 is 0 Å². The fraction of sp³-hybridized carbons (Fsp3) is 0.562. The van der Waals surface area contributed by atoms with Gasteiger partial charge in [0.25, 0.3) is 0 Å². The molecule has 4 heteroatoms. The fourth-order valence-corrected chi connectivity index (χ4v) is 2.68. The number of ketones is 1. The Balaban J connectivity index is 2.09. The molecule has 2 rings (SSSR count). The molecule has 0 unspecified atom stereocenters. The summed E-state index contributed by atoms with van der Waals surface area (Å²) < 4.78 is 26.5. The Morgan fingerprint density at radius 3 is 2.45 bits per heavy atom. The van der Waals surface area contributed by atoms with E-state index < -0.39 is 17.2 Å². The molecule has 0 aliphatic carbocycles. The molecule has 0 radical (unpaired) electrons. The number of rotatable bonds is 4. The number of likely N-dealkylation sites (tertiary alicyclic amines) is 1. The van der Waals surface area contributed by atoms with Crippen molar-refractivity contribution in [2.75, 3.05) is 13.1 Å². The normalized spacial score (nSPS) is 17.2. The van der Waals surface area contributed by atoms with Crippen molar-refractivity contribution >= 4 is 5.78 Å². The van der Waals surface area contributed by atoms with Crippen LogP contribution in [-0.2, 0) is 11.2 Å². The van der Waals surface area contributed by atoms with Gasteiger partial charge in [-0.25, -0.2) is 8.78 Å². The number of Topliss-reactive ketones (excluding diaryl/α,β-unsaturated/α-hetero) is 1. The van der Waals surface area contributed by atoms with Gasteiger partial charge in [-0.1, -0.05) is 12.5 Å². The number of benzene rings is 1. The van der Waals surface area contributed by atoms with Gasteiger partial charge in [0.2, 0.25) is 0 Å².